The van der Waals surface area contributed by atoms with Crippen LogP contribution in [0, 0.1) is 6.92 Å². The Kier molecular flexibility index (Phi) is 7.74. The van der Waals surface area contributed by atoms with Crippen LogP contribution in [0.4, 0.5) is 0 Å². The maximum atomic E-state index is 13.9. The van der Waals surface area contributed by atoms with Gasteiger partial charge in [0.2, 0.25) is 0 Å². The third-order valence-electron chi connectivity index (χ3n) is 6.37. The fourth-order valence-corrected chi connectivity index (χ4v) is 6.67. The van der Waals surface area contributed by atoms with Crippen molar-refractivity contribution in [2.75, 3.05) is 12.3 Å². The Hall–Kier alpha value is -1.63. The minimum Gasteiger partial charge on any atom is -0.296 e. The first-order valence-electron chi connectivity index (χ1n) is 12.0. The summed E-state index contributed by atoms with van der Waals surface area (Å²) in [6.45, 7) is 10.8. The van der Waals surface area contributed by atoms with E-state index < -0.39 is 0 Å². The monoisotopic (exact) mass is 469 g/mol. The summed E-state index contributed by atoms with van der Waals surface area (Å²) in [5, 5.41) is 1.68. The van der Waals surface area contributed by atoms with E-state index in [1.54, 1.807) is 23.1 Å². The number of rotatable bonds is 9. The van der Waals surface area contributed by atoms with Crippen molar-refractivity contribution in [3.8, 4) is 5.69 Å². The highest BCUT2D eigenvalue weighted by Crippen LogP contribution is 2.35. The highest BCUT2D eigenvalue weighted by molar-refractivity contribution is 7.99. The summed E-state index contributed by atoms with van der Waals surface area (Å²) in [5.74, 6) is 1.000. The lowest BCUT2D eigenvalue weighted by Gasteiger charge is -2.30. The van der Waals surface area contributed by atoms with Gasteiger partial charge in [-0.15, -0.1) is 11.3 Å². The number of unbranched alkanes of at least 4 members (excludes halogenated alkanes) is 4. The number of aryl methyl sites for hydroxylation is 1. The molecule has 6 heteroatoms. The minimum atomic E-state index is 0.0998. The van der Waals surface area contributed by atoms with Crippen molar-refractivity contribution in [1.82, 2.24) is 14.5 Å². The van der Waals surface area contributed by atoms with Crippen molar-refractivity contribution < 1.29 is 0 Å². The van der Waals surface area contributed by atoms with Crippen molar-refractivity contribution in [2.24, 2.45) is 0 Å². The van der Waals surface area contributed by atoms with Crippen LogP contribution in [0.15, 0.2) is 34.2 Å². The van der Waals surface area contributed by atoms with Crippen LogP contribution in [0.2, 0.25) is 0 Å². The lowest BCUT2D eigenvalue weighted by molar-refractivity contribution is 0.206. The number of hydrogen-bond acceptors (Lipinski definition) is 5. The van der Waals surface area contributed by atoms with Gasteiger partial charge in [0.05, 0.1) is 11.1 Å². The topological polar surface area (TPSA) is 38.1 Å². The molecule has 2 aromatic heterocycles. The zero-order chi connectivity index (χ0) is 22.7. The molecule has 4 nitrogen and oxygen atoms in total. The maximum Gasteiger partial charge on any atom is 0.267 e. The van der Waals surface area contributed by atoms with Gasteiger partial charge >= 0.3 is 0 Å². The summed E-state index contributed by atoms with van der Waals surface area (Å²) in [7, 11) is 0. The summed E-state index contributed by atoms with van der Waals surface area (Å²) in [6, 6.07) is 8.78. The van der Waals surface area contributed by atoms with Crippen molar-refractivity contribution >= 4 is 33.3 Å². The van der Waals surface area contributed by atoms with E-state index in [9.17, 15) is 4.79 Å². The Morgan fingerprint density at radius 2 is 1.88 bits per heavy atom. The number of thiophene rings is 1. The van der Waals surface area contributed by atoms with Crippen molar-refractivity contribution in [3.63, 3.8) is 0 Å². The Labute approximate surface area is 200 Å². The number of nitrogens with zero attached hydrogens (tertiary/aromatic N) is 3. The van der Waals surface area contributed by atoms with E-state index in [2.05, 4.69) is 56.9 Å². The fraction of sp³-hybridized carbons (Fsp3) is 0.538. The van der Waals surface area contributed by atoms with Gasteiger partial charge in [-0.05, 0) is 51.3 Å². The molecular formula is C26H35N3OS2. The van der Waals surface area contributed by atoms with E-state index in [1.807, 2.05) is 4.57 Å². The van der Waals surface area contributed by atoms with Crippen LogP contribution in [0.1, 0.15) is 68.9 Å². The Morgan fingerprint density at radius 1 is 1.12 bits per heavy atom. The van der Waals surface area contributed by atoms with Crippen molar-refractivity contribution in [1.29, 1.82) is 0 Å². The average molecular weight is 470 g/mol. The van der Waals surface area contributed by atoms with Crippen molar-refractivity contribution in [2.45, 2.75) is 84.0 Å². The highest BCUT2D eigenvalue weighted by Gasteiger charge is 2.26. The SMILES string of the molecule is CCCCCCCSc1nc2sc3c(c2c(=O)n1-c1ccc(C)cc1)CCN(C(C)C)C3. The fourth-order valence-electron chi connectivity index (χ4n) is 4.37. The number of aromatic nitrogens is 2. The Morgan fingerprint density at radius 3 is 2.59 bits per heavy atom. The highest BCUT2D eigenvalue weighted by atomic mass is 32.2. The summed E-state index contributed by atoms with van der Waals surface area (Å²) >= 11 is 3.46. The van der Waals surface area contributed by atoms with E-state index in [1.165, 1.54) is 41.7 Å². The molecule has 0 amide bonds. The summed E-state index contributed by atoms with van der Waals surface area (Å²) in [4.78, 5) is 23.7. The molecule has 3 heterocycles. The van der Waals surface area contributed by atoms with Gasteiger partial charge < -0.3 is 0 Å². The predicted octanol–water partition coefficient (Wildman–Crippen LogP) is 6.58. The summed E-state index contributed by atoms with van der Waals surface area (Å²) in [5.41, 5.74) is 3.45. The lowest BCUT2D eigenvalue weighted by Crippen LogP contribution is -2.35. The van der Waals surface area contributed by atoms with Crippen molar-refractivity contribution in [3.05, 3.63) is 50.6 Å². The second-order valence-electron chi connectivity index (χ2n) is 9.13. The number of fused-ring (bicyclic) bond motifs is 3. The summed E-state index contributed by atoms with van der Waals surface area (Å²) < 4.78 is 1.86. The smallest absolute Gasteiger partial charge is 0.267 e. The molecule has 0 radical (unpaired) electrons. The molecule has 0 spiro atoms. The third kappa shape index (κ3) is 4.97. The van der Waals surface area contributed by atoms with Gasteiger partial charge in [0.15, 0.2) is 5.16 Å². The normalized spacial score (nSPS) is 14.4. The molecule has 0 N–H and O–H groups in total. The average Bonchev–Trinajstić information content (AvgIpc) is 3.15. The van der Waals surface area contributed by atoms with E-state index in [0.717, 1.165) is 52.7 Å². The van der Waals surface area contributed by atoms with Crippen LogP contribution in [-0.4, -0.2) is 32.8 Å². The van der Waals surface area contributed by atoms with Gasteiger partial charge in [-0.25, -0.2) is 4.98 Å². The first-order valence-corrected chi connectivity index (χ1v) is 13.8. The van der Waals surface area contributed by atoms with Crippen LogP contribution in [0.3, 0.4) is 0 Å². The van der Waals surface area contributed by atoms with Gasteiger partial charge in [-0.3, -0.25) is 14.3 Å². The molecule has 3 aromatic rings. The summed E-state index contributed by atoms with van der Waals surface area (Å²) in [6.07, 6.45) is 7.19. The van der Waals surface area contributed by atoms with Gasteiger partial charge in [-0.2, -0.15) is 0 Å². The number of thioether (sulfide) groups is 1. The lowest BCUT2D eigenvalue weighted by atomic mass is 10.0. The van der Waals surface area contributed by atoms with E-state index in [4.69, 9.17) is 4.98 Å². The molecular weight excluding hydrogens is 434 g/mol. The first-order chi connectivity index (χ1) is 15.5. The molecule has 4 rings (SSSR count). The van der Waals surface area contributed by atoms with Crippen LogP contribution in [0.5, 0.6) is 0 Å². The standard InChI is InChI=1S/C26H35N3OS2/c1-5-6-7-8-9-16-31-26-27-24-23(21-14-15-28(18(2)3)17-22(21)32-24)25(30)29(26)20-12-10-19(4)11-13-20/h10-13,18H,5-9,14-17H2,1-4H3. The third-order valence-corrected chi connectivity index (χ3v) is 8.51. The maximum absolute atomic E-state index is 13.9. The van der Waals surface area contributed by atoms with Gasteiger partial charge in [0.1, 0.15) is 4.83 Å². The molecule has 1 aliphatic heterocycles. The molecule has 0 unspecified atom stereocenters. The molecule has 0 saturated carbocycles. The Bertz CT molecular complexity index is 1110. The van der Waals surface area contributed by atoms with Crippen LogP contribution < -0.4 is 5.56 Å². The predicted molar refractivity (Wildman–Crippen MR) is 139 cm³/mol. The van der Waals surface area contributed by atoms with Crippen LogP contribution in [-0.2, 0) is 13.0 Å². The molecule has 0 bridgehead atoms. The van der Waals surface area contributed by atoms with E-state index >= 15 is 0 Å². The molecule has 32 heavy (non-hydrogen) atoms. The Balaban J connectivity index is 1.72. The molecule has 0 aliphatic carbocycles. The molecule has 0 fully saturated rings. The zero-order valence-electron chi connectivity index (χ0n) is 19.8. The largest absolute Gasteiger partial charge is 0.296 e. The van der Waals surface area contributed by atoms with Gasteiger partial charge in [0, 0.05) is 29.8 Å². The second kappa shape index (κ2) is 10.5. The number of hydrogen-bond donors (Lipinski definition) is 0. The molecule has 0 saturated heterocycles. The van der Waals surface area contributed by atoms with E-state index in [-0.39, 0.29) is 5.56 Å². The molecule has 1 aromatic carbocycles. The quantitative estimate of drug-likeness (QED) is 0.201. The van der Waals surface area contributed by atoms with Crippen LogP contribution in [0.25, 0.3) is 15.9 Å². The van der Waals surface area contributed by atoms with Crippen LogP contribution >= 0.6 is 23.1 Å². The number of benzene rings is 1. The first kappa shape index (κ1) is 23.5. The zero-order valence-corrected chi connectivity index (χ0v) is 21.5. The van der Waals surface area contributed by atoms with E-state index in [0.29, 0.717) is 6.04 Å². The molecule has 1 aliphatic rings. The molecule has 0 atom stereocenters. The van der Waals surface area contributed by atoms with Gasteiger partial charge in [0.25, 0.3) is 5.56 Å². The molecule has 172 valence electrons. The second-order valence-corrected chi connectivity index (χ2v) is 11.3. The minimum absolute atomic E-state index is 0.0998. The van der Waals surface area contributed by atoms with Gasteiger partial charge in [-0.1, -0.05) is 62.1 Å².